The Hall–Kier alpha value is -1.64. The molecule has 1 saturated heterocycles. The van der Waals surface area contributed by atoms with E-state index in [1.807, 2.05) is 32.0 Å². The molecule has 0 unspecified atom stereocenters. The van der Waals surface area contributed by atoms with E-state index in [2.05, 4.69) is 41.8 Å². The van der Waals surface area contributed by atoms with Gasteiger partial charge in [0.05, 0.1) is 19.8 Å². The van der Waals surface area contributed by atoms with Crippen molar-refractivity contribution in [3.8, 4) is 0 Å². The molecule has 1 aliphatic heterocycles. The van der Waals surface area contributed by atoms with E-state index in [1.165, 1.54) is 0 Å². The molecule has 1 fully saturated rings. The quantitative estimate of drug-likeness (QED) is 0.426. The minimum Gasteiger partial charge on any atom is -0.379 e. The number of amides is 1. The smallest absolute Gasteiger partial charge is 0.226 e. The fourth-order valence-electron chi connectivity index (χ4n) is 2.71. The molecule has 8 heteroatoms. The fraction of sp³-hybridized carbons (Fsp3) is 0.579. The van der Waals surface area contributed by atoms with Crippen molar-refractivity contribution in [3.05, 3.63) is 28.2 Å². The van der Waals surface area contributed by atoms with Crippen molar-refractivity contribution in [2.24, 2.45) is 4.99 Å². The Morgan fingerprint density at radius 2 is 2.07 bits per heavy atom. The number of halogens is 1. The number of carbonyl (C=O) groups is 1. The van der Waals surface area contributed by atoms with Crippen LogP contribution in [0.15, 0.2) is 27.7 Å². The Kier molecular flexibility index (Phi) is 9.58. The van der Waals surface area contributed by atoms with Crippen molar-refractivity contribution >= 4 is 33.5 Å². The first-order chi connectivity index (χ1) is 13.1. The maximum Gasteiger partial charge on any atom is 0.226 e. The Bertz CT molecular complexity index is 633. The lowest BCUT2D eigenvalue weighted by molar-refractivity contribution is -0.116. The highest BCUT2D eigenvalue weighted by Gasteiger charge is 2.09. The van der Waals surface area contributed by atoms with Gasteiger partial charge < -0.3 is 20.7 Å². The Morgan fingerprint density at radius 3 is 2.81 bits per heavy atom. The minimum absolute atomic E-state index is 0.0205. The molecule has 1 aromatic rings. The summed E-state index contributed by atoms with van der Waals surface area (Å²) in [5.41, 5.74) is 1.87. The van der Waals surface area contributed by atoms with Gasteiger partial charge in [-0.2, -0.15) is 0 Å². The number of aryl methyl sites for hydroxylation is 1. The SMILES string of the molecule is CCNC(=NCCN1CCOCC1)NCCC(=O)Nc1cc(Br)ccc1C. The molecule has 27 heavy (non-hydrogen) atoms. The number of ether oxygens (including phenoxy) is 1. The summed E-state index contributed by atoms with van der Waals surface area (Å²) in [6.07, 6.45) is 0.375. The largest absolute Gasteiger partial charge is 0.379 e. The summed E-state index contributed by atoms with van der Waals surface area (Å²) in [5, 5.41) is 9.40. The summed E-state index contributed by atoms with van der Waals surface area (Å²) >= 11 is 3.43. The number of nitrogens with zero attached hydrogens (tertiary/aromatic N) is 2. The number of nitrogens with one attached hydrogen (secondary N) is 3. The van der Waals surface area contributed by atoms with Crippen LogP contribution >= 0.6 is 15.9 Å². The maximum atomic E-state index is 12.2. The molecule has 7 nitrogen and oxygen atoms in total. The second kappa shape index (κ2) is 11.9. The minimum atomic E-state index is -0.0205. The topological polar surface area (TPSA) is 78.0 Å². The van der Waals surface area contributed by atoms with E-state index in [0.717, 1.165) is 67.6 Å². The lowest BCUT2D eigenvalue weighted by atomic mass is 10.2. The molecule has 1 heterocycles. The van der Waals surface area contributed by atoms with Crippen LogP contribution in [0.4, 0.5) is 5.69 Å². The number of aliphatic imine (C=N–C) groups is 1. The zero-order chi connectivity index (χ0) is 19.5. The molecule has 0 radical (unpaired) electrons. The van der Waals surface area contributed by atoms with Crippen LogP contribution in [0.3, 0.4) is 0 Å². The van der Waals surface area contributed by atoms with E-state index in [1.54, 1.807) is 0 Å². The summed E-state index contributed by atoms with van der Waals surface area (Å²) in [7, 11) is 0. The molecule has 3 N–H and O–H groups in total. The summed E-state index contributed by atoms with van der Waals surface area (Å²) in [4.78, 5) is 19.1. The number of anilines is 1. The van der Waals surface area contributed by atoms with Gasteiger partial charge in [0, 0.05) is 49.3 Å². The third-order valence-electron chi connectivity index (χ3n) is 4.25. The van der Waals surface area contributed by atoms with Gasteiger partial charge in [0.15, 0.2) is 5.96 Å². The number of guanidine groups is 1. The number of benzene rings is 1. The number of morpholine rings is 1. The van der Waals surface area contributed by atoms with Gasteiger partial charge in [0.2, 0.25) is 5.91 Å². The third kappa shape index (κ3) is 8.28. The van der Waals surface area contributed by atoms with E-state index in [9.17, 15) is 4.79 Å². The zero-order valence-electron chi connectivity index (χ0n) is 16.2. The zero-order valence-corrected chi connectivity index (χ0v) is 17.8. The summed E-state index contributed by atoms with van der Waals surface area (Å²) in [6, 6.07) is 5.85. The van der Waals surface area contributed by atoms with Crippen molar-refractivity contribution in [2.45, 2.75) is 20.3 Å². The van der Waals surface area contributed by atoms with Crippen molar-refractivity contribution < 1.29 is 9.53 Å². The molecule has 0 atom stereocenters. The molecule has 0 bridgehead atoms. The fourth-order valence-corrected chi connectivity index (χ4v) is 3.07. The summed E-state index contributed by atoms with van der Waals surface area (Å²) < 4.78 is 6.30. The predicted octanol–water partition coefficient (Wildman–Crippen LogP) is 1.97. The predicted molar refractivity (Wildman–Crippen MR) is 113 cm³/mol. The van der Waals surface area contributed by atoms with E-state index < -0.39 is 0 Å². The molecule has 0 spiro atoms. The number of rotatable bonds is 8. The molecule has 1 aliphatic rings. The number of hydrogen-bond donors (Lipinski definition) is 3. The van der Waals surface area contributed by atoms with Gasteiger partial charge in [-0.3, -0.25) is 14.7 Å². The molecule has 150 valence electrons. The first kappa shape index (κ1) is 21.7. The van der Waals surface area contributed by atoms with Crippen LogP contribution < -0.4 is 16.0 Å². The Balaban J connectivity index is 1.73. The normalized spacial score (nSPS) is 15.4. The second-order valence-corrected chi connectivity index (χ2v) is 7.31. The molecular formula is C19H30BrN5O2. The van der Waals surface area contributed by atoms with Gasteiger partial charge in [0.25, 0.3) is 0 Å². The van der Waals surface area contributed by atoms with Crippen molar-refractivity contribution in [1.29, 1.82) is 0 Å². The first-order valence-corrected chi connectivity index (χ1v) is 10.3. The second-order valence-electron chi connectivity index (χ2n) is 6.40. The molecule has 0 aromatic heterocycles. The highest BCUT2D eigenvalue weighted by Crippen LogP contribution is 2.20. The van der Waals surface area contributed by atoms with Crippen molar-refractivity contribution in [2.75, 3.05) is 57.8 Å². The standard InChI is InChI=1S/C19H30BrN5O2/c1-3-21-19(23-8-9-25-10-12-27-13-11-25)22-7-6-18(26)24-17-14-16(20)5-4-15(17)2/h4-5,14H,3,6-13H2,1-2H3,(H,24,26)(H2,21,22,23). The van der Waals surface area contributed by atoms with Gasteiger partial charge in [-0.15, -0.1) is 0 Å². The van der Waals surface area contributed by atoms with Gasteiger partial charge in [-0.25, -0.2) is 0 Å². The van der Waals surface area contributed by atoms with Gasteiger partial charge in [-0.05, 0) is 31.5 Å². The molecule has 0 aliphatic carbocycles. The van der Waals surface area contributed by atoms with E-state index in [4.69, 9.17) is 4.74 Å². The highest BCUT2D eigenvalue weighted by molar-refractivity contribution is 9.10. The van der Waals surface area contributed by atoms with Crippen LogP contribution in [-0.4, -0.2) is 69.2 Å². The summed E-state index contributed by atoms with van der Waals surface area (Å²) in [5.74, 6) is 0.727. The molecule has 1 amide bonds. The maximum absolute atomic E-state index is 12.2. The van der Waals surface area contributed by atoms with Crippen LogP contribution in [0.25, 0.3) is 0 Å². The van der Waals surface area contributed by atoms with Crippen LogP contribution in [0.5, 0.6) is 0 Å². The van der Waals surface area contributed by atoms with Crippen LogP contribution in [0.2, 0.25) is 0 Å². The molecule has 2 rings (SSSR count). The molecular weight excluding hydrogens is 410 g/mol. The van der Waals surface area contributed by atoms with E-state index >= 15 is 0 Å². The van der Waals surface area contributed by atoms with E-state index in [0.29, 0.717) is 13.0 Å². The Morgan fingerprint density at radius 1 is 1.30 bits per heavy atom. The van der Waals surface area contributed by atoms with Crippen LogP contribution in [0.1, 0.15) is 18.9 Å². The van der Waals surface area contributed by atoms with E-state index in [-0.39, 0.29) is 5.91 Å². The van der Waals surface area contributed by atoms with Crippen LogP contribution in [0, 0.1) is 6.92 Å². The third-order valence-corrected chi connectivity index (χ3v) is 4.75. The van der Waals surface area contributed by atoms with Gasteiger partial charge in [0.1, 0.15) is 0 Å². The average Bonchev–Trinajstić information content (AvgIpc) is 2.65. The summed E-state index contributed by atoms with van der Waals surface area (Å²) in [6.45, 7) is 10.5. The Labute approximate surface area is 170 Å². The van der Waals surface area contributed by atoms with Crippen molar-refractivity contribution in [1.82, 2.24) is 15.5 Å². The monoisotopic (exact) mass is 439 g/mol. The van der Waals surface area contributed by atoms with Gasteiger partial charge in [-0.1, -0.05) is 22.0 Å². The van der Waals surface area contributed by atoms with Crippen LogP contribution in [-0.2, 0) is 9.53 Å². The first-order valence-electron chi connectivity index (χ1n) is 9.46. The highest BCUT2D eigenvalue weighted by atomic mass is 79.9. The molecule has 1 aromatic carbocycles. The number of hydrogen-bond acceptors (Lipinski definition) is 4. The average molecular weight is 440 g/mol. The van der Waals surface area contributed by atoms with Crippen molar-refractivity contribution in [3.63, 3.8) is 0 Å². The number of carbonyl (C=O) groups excluding carboxylic acids is 1. The van der Waals surface area contributed by atoms with Gasteiger partial charge >= 0.3 is 0 Å². The lowest BCUT2D eigenvalue weighted by Crippen LogP contribution is -2.40. The molecule has 0 saturated carbocycles. The lowest BCUT2D eigenvalue weighted by Gasteiger charge is -2.25.